The van der Waals surface area contributed by atoms with Gasteiger partial charge in [0.15, 0.2) is 0 Å². The van der Waals surface area contributed by atoms with Crippen molar-refractivity contribution in [2.45, 2.75) is 49.5 Å². The molecular weight excluding hydrogens is 453 g/mol. The van der Waals surface area contributed by atoms with Gasteiger partial charge in [-0.25, -0.2) is 4.79 Å². The van der Waals surface area contributed by atoms with E-state index in [0.717, 1.165) is 13.0 Å². The predicted molar refractivity (Wildman–Crippen MR) is 110 cm³/mol. The highest BCUT2D eigenvalue weighted by Crippen LogP contribution is 2.54. The predicted octanol–water partition coefficient (Wildman–Crippen LogP) is 1.69. The molecule has 0 spiro atoms. The minimum absolute atomic E-state index is 0.164. The summed E-state index contributed by atoms with van der Waals surface area (Å²) in [5.41, 5.74) is -2.24. The molecule has 9 nitrogen and oxygen atoms in total. The average Bonchev–Trinajstić information content (AvgIpc) is 2.67. The molecule has 12 heteroatoms. The first-order valence-corrected chi connectivity index (χ1v) is 11.1. The Morgan fingerprint density at radius 3 is 2.56 bits per heavy atom. The lowest BCUT2D eigenvalue weighted by Crippen LogP contribution is -2.45. The highest BCUT2D eigenvalue weighted by molar-refractivity contribution is 7.52. The monoisotopic (exact) mass is 480 g/mol. The second-order valence-corrected chi connectivity index (χ2v) is 8.63. The molecule has 1 aliphatic heterocycles. The van der Waals surface area contributed by atoms with Crippen molar-refractivity contribution in [1.29, 1.82) is 0 Å². The number of carbonyl (C=O) groups is 1. The number of carbonyl (C=O) groups excluding carboxylic acids is 1. The SMILES string of the molecule is C[C@@](O)(C=C[C@H]1CC=CC(=O)O1)C(C[C@@H](O)C=CC=CC=CCO)OC(F)(F)P(=O)(O)O. The van der Waals surface area contributed by atoms with E-state index in [1.165, 1.54) is 54.7 Å². The van der Waals surface area contributed by atoms with E-state index in [9.17, 15) is 28.4 Å². The quantitative estimate of drug-likeness (QED) is 0.122. The van der Waals surface area contributed by atoms with Crippen LogP contribution in [0.3, 0.4) is 0 Å². The van der Waals surface area contributed by atoms with E-state index < -0.39 is 49.7 Å². The summed E-state index contributed by atoms with van der Waals surface area (Å²) in [4.78, 5) is 29.0. The van der Waals surface area contributed by atoms with Crippen molar-refractivity contribution in [1.82, 2.24) is 0 Å². The summed E-state index contributed by atoms with van der Waals surface area (Å²) in [6.07, 6.45) is 8.87. The Kier molecular flexibility index (Phi) is 10.8. The Balaban J connectivity index is 3.02. The highest BCUT2D eigenvalue weighted by atomic mass is 31.2. The van der Waals surface area contributed by atoms with Crippen LogP contribution >= 0.6 is 7.60 Å². The largest absolute Gasteiger partial charge is 0.459 e. The Labute approximate surface area is 183 Å². The maximum atomic E-state index is 13.9. The Bertz CT molecular complexity index is 812. The van der Waals surface area contributed by atoms with Crippen LogP contribution in [0.1, 0.15) is 19.8 Å². The molecule has 0 saturated heterocycles. The molecule has 0 aromatic rings. The van der Waals surface area contributed by atoms with Crippen LogP contribution in [0.2, 0.25) is 0 Å². The van der Waals surface area contributed by atoms with Crippen LogP contribution in [-0.4, -0.2) is 67.4 Å². The highest BCUT2D eigenvalue weighted by Gasteiger charge is 2.54. The van der Waals surface area contributed by atoms with Gasteiger partial charge >= 0.3 is 19.4 Å². The molecule has 0 amide bonds. The zero-order chi connectivity index (χ0) is 24.4. The third kappa shape index (κ3) is 9.66. The van der Waals surface area contributed by atoms with Crippen molar-refractivity contribution in [3.63, 3.8) is 0 Å². The maximum absolute atomic E-state index is 13.9. The van der Waals surface area contributed by atoms with Crippen LogP contribution in [0.25, 0.3) is 0 Å². The molecule has 1 unspecified atom stereocenters. The topological polar surface area (TPSA) is 154 Å². The molecule has 1 aliphatic rings. The summed E-state index contributed by atoms with van der Waals surface area (Å²) < 4.78 is 48.1. The molecule has 1 rings (SSSR count). The van der Waals surface area contributed by atoms with Crippen molar-refractivity contribution in [2.24, 2.45) is 0 Å². The second-order valence-electron chi connectivity index (χ2n) is 7.02. The molecule has 1 heterocycles. The van der Waals surface area contributed by atoms with E-state index in [-0.39, 0.29) is 13.0 Å². The number of hydrogen-bond donors (Lipinski definition) is 5. The zero-order valence-corrected chi connectivity index (χ0v) is 18.1. The summed E-state index contributed by atoms with van der Waals surface area (Å²) in [5, 5.41) is 29.4. The van der Waals surface area contributed by atoms with Crippen molar-refractivity contribution < 1.29 is 52.7 Å². The molecule has 180 valence electrons. The Morgan fingerprint density at radius 2 is 1.97 bits per heavy atom. The third-order valence-electron chi connectivity index (χ3n) is 4.18. The summed E-state index contributed by atoms with van der Waals surface area (Å²) in [6.45, 7) is 0.878. The molecule has 0 aliphatic carbocycles. The fourth-order valence-electron chi connectivity index (χ4n) is 2.47. The first-order chi connectivity index (χ1) is 14.8. The van der Waals surface area contributed by atoms with E-state index in [1.54, 1.807) is 0 Å². The van der Waals surface area contributed by atoms with Crippen molar-refractivity contribution in [2.75, 3.05) is 6.61 Å². The van der Waals surface area contributed by atoms with Gasteiger partial charge in [0.1, 0.15) is 11.7 Å². The normalized spacial score (nSPS) is 22.1. The molecule has 0 aromatic carbocycles. The fourth-order valence-corrected chi connectivity index (χ4v) is 2.73. The number of halogens is 2. The second kappa shape index (κ2) is 12.3. The van der Waals surface area contributed by atoms with Gasteiger partial charge in [-0.15, -0.1) is 0 Å². The molecule has 0 aromatic heterocycles. The standard InChI is InChI=1S/C20H27F2O9P/c1-19(26,12-11-16-9-7-10-18(25)30-16)17(31-20(21,22)32(27,28)29)14-15(24)8-5-3-2-4-6-13-23/h2-8,10-12,15-17,23-24,26H,9,13-14H2,1H3,(H2,27,28,29)/t15-,16+,17?,19+/m0/s1. The van der Waals surface area contributed by atoms with Gasteiger partial charge in [0.25, 0.3) is 0 Å². The van der Waals surface area contributed by atoms with E-state index in [0.29, 0.717) is 0 Å². The molecule has 0 fully saturated rings. The van der Waals surface area contributed by atoms with Crippen molar-refractivity contribution in [3.8, 4) is 0 Å². The molecule has 0 radical (unpaired) electrons. The first kappa shape index (κ1) is 28.1. The number of rotatable bonds is 12. The Hall–Kier alpha value is -1.98. The first-order valence-electron chi connectivity index (χ1n) is 9.47. The van der Waals surface area contributed by atoms with Gasteiger partial charge in [-0.2, -0.15) is 8.78 Å². The number of hydrogen-bond acceptors (Lipinski definition) is 7. The van der Waals surface area contributed by atoms with Crippen molar-refractivity contribution >= 4 is 13.6 Å². The average molecular weight is 480 g/mol. The number of ether oxygens (including phenoxy) is 2. The molecule has 0 saturated carbocycles. The van der Waals surface area contributed by atoms with Crippen molar-refractivity contribution in [3.05, 3.63) is 60.8 Å². The number of aliphatic hydroxyl groups is 3. The van der Waals surface area contributed by atoms with Crippen LogP contribution in [-0.2, 0) is 18.8 Å². The zero-order valence-electron chi connectivity index (χ0n) is 17.2. The van der Waals surface area contributed by atoms with Gasteiger partial charge in [0.05, 0.1) is 18.8 Å². The lowest BCUT2D eigenvalue weighted by molar-refractivity contribution is -0.244. The van der Waals surface area contributed by atoms with Crippen LogP contribution in [0.4, 0.5) is 8.78 Å². The van der Waals surface area contributed by atoms with E-state index in [4.69, 9.17) is 19.6 Å². The van der Waals surface area contributed by atoms with E-state index in [2.05, 4.69) is 4.74 Å². The molecular formula is C20H27F2O9P. The van der Waals surface area contributed by atoms with Crippen LogP contribution in [0.15, 0.2) is 60.8 Å². The van der Waals surface area contributed by atoms with Gasteiger partial charge in [-0.3, -0.25) is 4.57 Å². The lowest BCUT2D eigenvalue weighted by atomic mass is 9.92. The fraction of sp³-hybridized carbons (Fsp3) is 0.450. The molecule has 0 bridgehead atoms. The summed E-state index contributed by atoms with van der Waals surface area (Å²) in [6, 6.07) is 0. The summed E-state index contributed by atoms with van der Waals surface area (Å²) >= 11 is 0. The Morgan fingerprint density at radius 1 is 1.31 bits per heavy atom. The van der Waals surface area contributed by atoms with Crippen LogP contribution < -0.4 is 0 Å². The number of cyclic esters (lactones) is 1. The van der Waals surface area contributed by atoms with Crippen LogP contribution in [0.5, 0.6) is 0 Å². The summed E-state index contributed by atoms with van der Waals surface area (Å²) in [7, 11) is -6.03. The number of alkyl halides is 2. The van der Waals surface area contributed by atoms with E-state index >= 15 is 0 Å². The lowest BCUT2D eigenvalue weighted by Gasteiger charge is -2.34. The van der Waals surface area contributed by atoms with Gasteiger partial charge < -0.3 is 34.6 Å². The van der Waals surface area contributed by atoms with Gasteiger partial charge in [0.2, 0.25) is 0 Å². The van der Waals surface area contributed by atoms with E-state index in [1.807, 2.05) is 0 Å². The maximum Gasteiger partial charge on any atom is 0.459 e. The van der Waals surface area contributed by atoms with Gasteiger partial charge in [-0.1, -0.05) is 48.6 Å². The van der Waals surface area contributed by atoms with Gasteiger partial charge in [-0.05, 0) is 13.0 Å². The summed E-state index contributed by atoms with van der Waals surface area (Å²) in [5.74, 6) is -5.55. The van der Waals surface area contributed by atoms with Gasteiger partial charge in [0, 0.05) is 18.9 Å². The minimum Gasteiger partial charge on any atom is -0.455 e. The molecule has 4 atom stereocenters. The molecule has 32 heavy (non-hydrogen) atoms. The number of aliphatic hydroxyl groups excluding tert-OH is 2. The van der Waals surface area contributed by atoms with Crippen LogP contribution in [0, 0.1) is 0 Å². The molecule has 5 N–H and O–H groups in total. The number of allylic oxidation sites excluding steroid dienone is 4. The number of esters is 1. The smallest absolute Gasteiger partial charge is 0.455 e. The third-order valence-corrected chi connectivity index (χ3v) is 4.96. The minimum atomic E-state index is -6.03.